The van der Waals surface area contributed by atoms with Crippen LogP contribution in [0.4, 0.5) is 0 Å². The van der Waals surface area contributed by atoms with Gasteiger partial charge in [-0.1, -0.05) is 18.5 Å². The van der Waals surface area contributed by atoms with Gasteiger partial charge < -0.3 is 4.74 Å². The summed E-state index contributed by atoms with van der Waals surface area (Å²) in [6.07, 6.45) is 1.30. The highest BCUT2D eigenvalue weighted by Crippen LogP contribution is 2.39. The molecule has 0 saturated heterocycles. The summed E-state index contributed by atoms with van der Waals surface area (Å²) in [5, 5.41) is 0.607. The van der Waals surface area contributed by atoms with Crippen LogP contribution in [0.25, 0.3) is 0 Å². The number of esters is 1. The molecular weight excluding hydrogens is 308 g/mol. The molecular formula is C16H19ClO3S. The molecule has 0 amide bonds. The molecule has 21 heavy (non-hydrogen) atoms. The number of halogens is 1. The standard InChI is InChI=1S/C16H19ClO3S/c1-3-20-16(19)15-13(18)8-10(2)9-14(15)21-12-6-4-11(17)5-7-12/h4-7,10,14-15H,3,8-9H2,1-2H3. The number of Topliss-reactive ketones (excluding diaryl/α,β-unsaturated/α-hetero) is 1. The Morgan fingerprint density at radius 3 is 2.67 bits per heavy atom. The molecule has 0 N–H and O–H groups in total. The Morgan fingerprint density at radius 2 is 2.05 bits per heavy atom. The smallest absolute Gasteiger partial charge is 0.317 e. The number of ether oxygens (including phenoxy) is 1. The number of hydrogen-bond acceptors (Lipinski definition) is 4. The van der Waals surface area contributed by atoms with Crippen LogP contribution in [0.1, 0.15) is 26.7 Å². The molecule has 0 bridgehead atoms. The van der Waals surface area contributed by atoms with Crippen molar-refractivity contribution in [3.05, 3.63) is 29.3 Å². The van der Waals surface area contributed by atoms with E-state index in [9.17, 15) is 9.59 Å². The van der Waals surface area contributed by atoms with Gasteiger partial charge in [0.1, 0.15) is 11.7 Å². The SMILES string of the molecule is CCOC(=O)C1C(=O)CC(C)CC1Sc1ccc(Cl)cc1. The molecule has 5 heteroatoms. The maximum absolute atomic E-state index is 12.2. The zero-order valence-electron chi connectivity index (χ0n) is 12.2. The van der Waals surface area contributed by atoms with Crippen LogP contribution in [0.2, 0.25) is 5.02 Å². The van der Waals surface area contributed by atoms with E-state index in [1.165, 1.54) is 0 Å². The number of carbonyl (C=O) groups is 2. The Balaban J connectivity index is 2.17. The van der Waals surface area contributed by atoms with E-state index in [4.69, 9.17) is 16.3 Å². The molecule has 3 atom stereocenters. The van der Waals surface area contributed by atoms with Gasteiger partial charge in [0.2, 0.25) is 0 Å². The number of thioether (sulfide) groups is 1. The first kappa shape index (κ1) is 16.4. The van der Waals surface area contributed by atoms with Crippen molar-refractivity contribution in [3.8, 4) is 0 Å². The number of carbonyl (C=O) groups excluding carboxylic acids is 2. The summed E-state index contributed by atoms with van der Waals surface area (Å²) in [6, 6.07) is 7.46. The lowest BCUT2D eigenvalue weighted by Gasteiger charge is -2.31. The largest absolute Gasteiger partial charge is 0.465 e. The Hall–Kier alpha value is -1.00. The summed E-state index contributed by atoms with van der Waals surface area (Å²) in [4.78, 5) is 25.3. The van der Waals surface area contributed by atoms with Gasteiger partial charge in [0.05, 0.1) is 6.61 Å². The highest BCUT2D eigenvalue weighted by molar-refractivity contribution is 8.00. The van der Waals surface area contributed by atoms with Gasteiger partial charge in [0, 0.05) is 21.6 Å². The molecule has 114 valence electrons. The molecule has 1 aliphatic rings. The summed E-state index contributed by atoms with van der Waals surface area (Å²) in [5.74, 6) is -0.741. The Morgan fingerprint density at radius 1 is 1.38 bits per heavy atom. The molecule has 3 unspecified atom stereocenters. The van der Waals surface area contributed by atoms with Crippen LogP contribution in [0.5, 0.6) is 0 Å². The van der Waals surface area contributed by atoms with Crippen molar-refractivity contribution in [1.29, 1.82) is 0 Å². The molecule has 2 rings (SSSR count). The molecule has 0 aromatic heterocycles. The molecule has 1 aliphatic carbocycles. The van der Waals surface area contributed by atoms with Crippen LogP contribution in [-0.4, -0.2) is 23.6 Å². The Kier molecular flexibility index (Phi) is 5.71. The number of rotatable bonds is 4. The van der Waals surface area contributed by atoms with Gasteiger partial charge in [-0.2, -0.15) is 0 Å². The normalized spacial score (nSPS) is 25.7. The minimum absolute atomic E-state index is 0.00124. The van der Waals surface area contributed by atoms with E-state index in [1.807, 2.05) is 24.3 Å². The van der Waals surface area contributed by atoms with Gasteiger partial charge in [-0.3, -0.25) is 9.59 Å². The van der Waals surface area contributed by atoms with Gasteiger partial charge >= 0.3 is 5.97 Å². The van der Waals surface area contributed by atoms with Crippen LogP contribution >= 0.6 is 23.4 Å². The van der Waals surface area contributed by atoms with Crippen molar-refractivity contribution in [2.45, 2.75) is 36.8 Å². The highest BCUT2D eigenvalue weighted by atomic mass is 35.5. The summed E-state index contributed by atoms with van der Waals surface area (Å²) in [5.41, 5.74) is 0. The predicted molar refractivity (Wildman–Crippen MR) is 84.6 cm³/mol. The number of hydrogen-bond donors (Lipinski definition) is 0. The topological polar surface area (TPSA) is 43.4 Å². The van der Waals surface area contributed by atoms with Crippen molar-refractivity contribution in [2.24, 2.45) is 11.8 Å². The zero-order valence-corrected chi connectivity index (χ0v) is 13.7. The van der Waals surface area contributed by atoms with Crippen LogP contribution in [0.15, 0.2) is 29.2 Å². The second-order valence-corrected chi connectivity index (χ2v) is 7.10. The van der Waals surface area contributed by atoms with Crippen LogP contribution in [0.3, 0.4) is 0 Å². The molecule has 0 aliphatic heterocycles. The van der Waals surface area contributed by atoms with E-state index in [0.717, 1.165) is 11.3 Å². The molecule has 1 saturated carbocycles. The van der Waals surface area contributed by atoms with E-state index in [0.29, 0.717) is 24.0 Å². The fraction of sp³-hybridized carbons (Fsp3) is 0.500. The summed E-state index contributed by atoms with van der Waals surface area (Å²) in [7, 11) is 0. The van der Waals surface area contributed by atoms with E-state index in [1.54, 1.807) is 18.7 Å². The maximum atomic E-state index is 12.2. The van der Waals surface area contributed by atoms with Crippen molar-refractivity contribution in [2.75, 3.05) is 6.61 Å². The lowest BCUT2D eigenvalue weighted by atomic mass is 9.81. The van der Waals surface area contributed by atoms with Crippen LogP contribution < -0.4 is 0 Å². The zero-order chi connectivity index (χ0) is 15.4. The molecule has 0 heterocycles. The predicted octanol–water partition coefficient (Wildman–Crippen LogP) is 3.98. The third kappa shape index (κ3) is 4.24. The summed E-state index contributed by atoms with van der Waals surface area (Å²) < 4.78 is 5.08. The van der Waals surface area contributed by atoms with Crippen molar-refractivity contribution < 1.29 is 14.3 Å². The third-order valence-corrected chi connectivity index (χ3v) is 5.11. The van der Waals surface area contributed by atoms with E-state index in [-0.39, 0.29) is 17.0 Å². The van der Waals surface area contributed by atoms with Crippen molar-refractivity contribution >= 4 is 35.1 Å². The fourth-order valence-electron chi connectivity index (χ4n) is 2.61. The minimum Gasteiger partial charge on any atom is -0.465 e. The first-order valence-corrected chi connectivity index (χ1v) is 8.38. The van der Waals surface area contributed by atoms with Gasteiger partial charge in [0.25, 0.3) is 0 Å². The first-order valence-electron chi connectivity index (χ1n) is 7.12. The van der Waals surface area contributed by atoms with E-state index >= 15 is 0 Å². The van der Waals surface area contributed by atoms with Crippen molar-refractivity contribution in [1.82, 2.24) is 0 Å². The summed E-state index contributed by atoms with van der Waals surface area (Å²) >= 11 is 7.45. The second-order valence-electron chi connectivity index (χ2n) is 5.35. The van der Waals surface area contributed by atoms with Crippen molar-refractivity contribution in [3.63, 3.8) is 0 Å². The number of benzene rings is 1. The van der Waals surface area contributed by atoms with Gasteiger partial charge in [-0.15, -0.1) is 11.8 Å². The maximum Gasteiger partial charge on any atom is 0.317 e. The van der Waals surface area contributed by atoms with Gasteiger partial charge in [0.15, 0.2) is 0 Å². The number of ketones is 1. The van der Waals surface area contributed by atoms with Crippen LogP contribution in [0, 0.1) is 11.8 Å². The Bertz CT molecular complexity index is 507. The quantitative estimate of drug-likeness (QED) is 0.620. The average Bonchev–Trinajstić information content (AvgIpc) is 2.41. The van der Waals surface area contributed by atoms with E-state index in [2.05, 4.69) is 6.92 Å². The third-order valence-electron chi connectivity index (χ3n) is 3.54. The van der Waals surface area contributed by atoms with Gasteiger partial charge in [-0.05, 0) is 43.5 Å². The lowest BCUT2D eigenvalue weighted by Crippen LogP contribution is -2.40. The van der Waals surface area contributed by atoms with Crippen LogP contribution in [-0.2, 0) is 14.3 Å². The molecule has 1 aromatic carbocycles. The molecule has 3 nitrogen and oxygen atoms in total. The molecule has 1 aromatic rings. The molecule has 0 radical (unpaired) electrons. The Labute approximate surface area is 134 Å². The average molecular weight is 327 g/mol. The first-order chi connectivity index (χ1) is 10.0. The monoisotopic (exact) mass is 326 g/mol. The lowest BCUT2D eigenvalue weighted by molar-refractivity contribution is -0.152. The van der Waals surface area contributed by atoms with Gasteiger partial charge in [-0.25, -0.2) is 0 Å². The summed E-state index contributed by atoms with van der Waals surface area (Å²) in [6.45, 7) is 4.11. The molecule has 0 spiro atoms. The van der Waals surface area contributed by atoms with E-state index < -0.39 is 5.92 Å². The minimum atomic E-state index is -0.651. The molecule has 1 fully saturated rings. The highest BCUT2D eigenvalue weighted by Gasteiger charge is 2.41. The second kappa shape index (κ2) is 7.32. The fourth-order valence-corrected chi connectivity index (χ4v) is 4.21.